The Morgan fingerprint density at radius 1 is 1.58 bits per heavy atom. The van der Waals surface area contributed by atoms with Gasteiger partial charge < -0.3 is 0 Å². The van der Waals surface area contributed by atoms with Crippen LogP contribution in [-0.2, 0) is 4.79 Å². The van der Waals surface area contributed by atoms with E-state index in [9.17, 15) is 14.9 Å². The summed E-state index contributed by atoms with van der Waals surface area (Å²) >= 11 is 0. The molecule has 1 aliphatic rings. The molecule has 0 aromatic carbocycles. The molecule has 1 aliphatic heterocycles. The molecular weight excluding hydrogens is 160 g/mol. The van der Waals surface area contributed by atoms with Crippen molar-refractivity contribution in [2.45, 2.75) is 6.42 Å². The maximum Gasteiger partial charge on any atom is 0.283 e. The first kappa shape index (κ1) is 8.32. The van der Waals surface area contributed by atoms with E-state index in [0.29, 0.717) is 12.7 Å². The minimum absolute atomic E-state index is 0.0805. The van der Waals surface area contributed by atoms with E-state index in [0.717, 1.165) is 6.21 Å². The van der Waals surface area contributed by atoms with Gasteiger partial charge in [-0.15, -0.1) is 0 Å². The van der Waals surface area contributed by atoms with Crippen LogP contribution in [0.1, 0.15) is 6.42 Å². The van der Waals surface area contributed by atoms with Crippen LogP contribution in [0.4, 0.5) is 0 Å². The lowest BCUT2D eigenvalue weighted by Crippen LogP contribution is -1.98. The molecule has 0 aromatic rings. The smallest absolute Gasteiger partial charge is 0.283 e. The zero-order chi connectivity index (χ0) is 8.97. The molecule has 0 fully saturated rings. The monoisotopic (exact) mass is 166 g/mol. The number of carbonyl (C=O) groups excluding carboxylic acids is 1. The molecule has 0 unspecified atom stereocenters. The van der Waals surface area contributed by atoms with E-state index in [1.165, 1.54) is 12.2 Å². The number of hydrogen-bond acceptors (Lipinski definition) is 4. The van der Waals surface area contributed by atoms with Gasteiger partial charge in [0.25, 0.3) is 5.70 Å². The van der Waals surface area contributed by atoms with Crippen LogP contribution in [0.3, 0.4) is 0 Å². The molecule has 0 bridgehead atoms. The largest absolute Gasteiger partial charge is 0.296 e. The molecule has 0 saturated heterocycles. The molecule has 12 heavy (non-hydrogen) atoms. The van der Waals surface area contributed by atoms with Crippen molar-refractivity contribution in [2.75, 3.05) is 0 Å². The van der Waals surface area contributed by atoms with Crippen LogP contribution < -0.4 is 0 Å². The van der Waals surface area contributed by atoms with Crippen LogP contribution in [0.5, 0.6) is 0 Å². The molecule has 1 rings (SSSR count). The van der Waals surface area contributed by atoms with Gasteiger partial charge in [-0.25, -0.2) is 4.99 Å². The minimum Gasteiger partial charge on any atom is -0.296 e. The second-order valence-corrected chi connectivity index (χ2v) is 2.13. The maximum atomic E-state index is 10.2. The summed E-state index contributed by atoms with van der Waals surface area (Å²) in [6.45, 7) is 0. The van der Waals surface area contributed by atoms with E-state index in [2.05, 4.69) is 4.99 Å². The standard InChI is InChI=1S/C7H6N2O3/c10-5-6-2-1-3-7(4-8-6)9(11)12/h2-5H,1H2. The van der Waals surface area contributed by atoms with Crippen molar-refractivity contribution in [3.05, 3.63) is 33.7 Å². The summed E-state index contributed by atoms with van der Waals surface area (Å²) in [4.78, 5) is 23.5. The van der Waals surface area contributed by atoms with Crippen molar-refractivity contribution in [1.29, 1.82) is 0 Å². The van der Waals surface area contributed by atoms with Crippen molar-refractivity contribution in [2.24, 2.45) is 4.99 Å². The summed E-state index contributed by atoms with van der Waals surface area (Å²) < 4.78 is 0. The highest BCUT2D eigenvalue weighted by atomic mass is 16.6. The number of nitrogens with zero attached hydrogens (tertiary/aromatic N) is 2. The number of nitro groups is 1. The van der Waals surface area contributed by atoms with E-state index in [-0.39, 0.29) is 11.4 Å². The Bertz CT molecular complexity index is 302. The van der Waals surface area contributed by atoms with Crippen molar-refractivity contribution >= 4 is 12.5 Å². The molecule has 0 spiro atoms. The maximum absolute atomic E-state index is 10.2. The summed E-state index contributed by atoms with van der Waals surface area (Å²) in [5.74, 6) is 0. The normalized spacial score (nSPS) is 16.0. The Morgan fingerprint density at radius 3 is 2.92 bits per heavy atom. The second kappa shape index (κ2) is 3.56. The first-order valence-electron chi connectivity index (χ1n) is 3.28. The summed E-state index contributed by atoms with van der Waals surface area (Å²) in [5.41, 5.74) is 0.145. The van der Waals surface area contributed by atoms with Gasteiger partial charge in [-0.1, -0.05) is 6.08 Å². The Hall–Kier alpha value is -1.78. The fourth-order valence-electron chi connectivity index (χ4n) is 0.747. The molecule has 0 radical (unpaired) electrons. The Labute approximate surface area is 68.3 Å². The first-order valence-corrected chi connectivity index (χ1v) is 3.28. The van der Waals surface area contributed by atoms with Crippen molar-refractivity contribution in [3.63, 3.8) is 0 Å². The average molecular weight is 166 g/mol. The van der Waals surface area contributed by atoms with E-state index in [1.807, 2.05) is 0 Å². The molecular formula is C7H6N2O3. The van der Waals surface area contributed by atoms with E-state index in [1.54, 1.807) is 0 Å². The van der Waals surface area contributed by atoms with Crippen LogP contribution in [-0.4, -0.2) is 17.4 Å². The first-order chi connectivity index (χ1) is 5.74. The summed E-state index contributed by atoms with van der Waals surface area (Å²) in [6.07, 6.45) is 4.94. The molecule has 0 aliphatic carbocycles. The van der Waals surface area contributed by atoms with Gasteiger partial charge in [-0.05, 0) is 12.5 Å². The predicted octanol–water partition coefficient (Wildman–Crippen LogP) is 0.704. The molecule has 0 saturated carbocycles. The molecule has 0 N–H and O–H groups in total. The molecule has 5 nitrogen and oxygen atoms in total. The lowest BCUT2D eigenvalue weighted by molar-refractivity contribution is -0.414. The molecule has 62 valence electrons. The summed E-state index contributed by atoms with van der Waals surface area (Å²) in [5, 5.41) is 10.2. The van der Waals surface area contributed by atoms with Crippen LogP contribution in [0.25, 0.3) is 0 Å². The van der Waals surface area contributed by atoms with Crippen LogP contribution in [0.15, 0.2) is 28.5 Å². The SMILES string of the molecule is O=CC1=CCC=C([N+](=O)[O-])C=N1. The highest BCUT2D eigenvalue weighted by molar-refractivity contribution is 5.83. The van der Waals surface area contributed by atoms with Gasteiger partial charge in [0.15, 0.2) is 6.29 Å². The zero-order valence-electron chi connectivity index (χ0n) is 6.14. The summed E-state index contributed by atoms with van der Waals surface area (Å²) in [7, 11) is 0. The number of rotatable bonds is 2. The number of allylic oxidation sites excluding steroid dienone is 4. The summed E-state index contributed by atoms with van der Waals surface area (Å²) in [6, 6.07) is 0. The number of aliphatic imine (C=N–C) groups is 1. The Morgan fingerprint density at radius 2 is 2.33 bits per heavy atom. The van der Waals surface area contributed by atoms with Gasteiger partial charge in [0.1, 0.15) is 6.21 Å². The number of aldehydes is 1. The lowest BCUT2D eigenvalue weighted by atomic mass is 10.3. The van der Waals surface area contributed by atoms with Gasteiger partial charge in [0.05, 0.1) is 10.6 Å². The Kier molecular flexibility index (Phi) is 2.47. The highest BCUT2D eigenvalue weighted by Crippen LogP contribution is 2.05. The average Bonchev–Trinajstić information content (AvgIpc) is 2.28. The van der Waals surface area contributed by atoms with Gasteiger partial charge >= 0.3 is 0 Å². The third-order valence-electron chi connectivity index (χ3n) is 1.33. The van der Waals surface area contributed by atoms with E-state index in [4.69, 9.17) is 0 Å². The van der Waals surface area contributed by atoms with Crippen LogP contribution in [0, 0.1) is 10.1 Å². The number of carbonyl (C=O) groups is 1. The predicted molar refractivity (Wildman–Crippen MR) is 42.3 cm³/mol. The lowest BCUT2D eigenvalue weighted by Gasteiger charge is -1.85. The van der Waals surface area contributed by atoms with Gasteiger partial charge in [-0.3, -0.25) is 14.9 Å². The quantitative estimate of drug-likeness (QED) is 0.344. The number of hydrogen-bond donors (Lipinski definition) is 0. The van der Waals surface area contributed by atoms with E-state index >= 15 is 0 Å². The molecule has 0 amide bonds. The van der Waals surface area contributed by atoms with E-state index < -0.39 is 4.92 Å². The van der Waals surface area contributed by atoms with Crippen LogP contribution >= 0.6 is 0 Å². The topological polar surface area (TPSA) is 72.6 Å². The molecule has 1 heterocycles. The fourth-order valence-corrected chi connectivity index (χ4v) is 0.747. The third kappa shape index (κ3) is 1.85. The zero-order valence-corrected chi connectivity index (χ0v) is 6.14. The van der Waals surface area contributed by atoms with Crippen molar-refractivity contribution in [1.82, 2.24) is 0 Å². The van der Waals surface area contributed by atoms with Crippen LogP contribution in [0.2, 0.25) is 0 Å². The van der Waals surface area contributed by atoms with Gasteiger partial charge in [0, 0.05) is 0 Å². The second-order valence-electron chi connectivity index (χ2n) is 2.13. The fraction of sp³-hybridized carbons (Fsp3) is 0.143. The Balaban J connectivity index is 2.84. The van der Waals surface area contributed by atoms with Gasteiger partial charge in [0.2, 0.25) is 0 Å². The minimum atomic E-state index is -0.537. The molecule has 5 heteroatoms. The third-order valence-corrected chi connectivity index (χ3v) is 1.33. The molecule has 0 aromatic heterocycles. The van der Waals surface area contributed by atoms with Crippen molar-refractivity contribution in [3.8, 4) is 0 Å². The van der Waals surface area contributed by atoms with Crippen molar-refractivity contribution < 1.29 is 9.72 Å². The highest BCUT2D eigenvalue weighted by Gasteiger charge is 2.08. The van der Waals surface area contributed by atoms with Gasteiger partial charge in [-0.2, -0.15) is 0 Å². The molecule has 0 atom stereocenters.